The zero-order valence-electron chi connectivity index (χ0n) is 11.6. The van der Waals surface area contributed by atoms with E-state index in [1.807, 2.05) is 5.01 Å². The minimum absolute atomic E-state index is 0. The Labute approximate surface area is 117 Å². The lowest BCUT2D eigenvalue weighted by atomic mass is 9.94. The van der Waals surface area contributed by atoms with Crippen molar-refractivity contribution in [2.45, 2.75) is 64.0 Å². The molecule has 3 rings (SSSR count). The minimum Gasteiger partial charge on any atom is -0.302 e. The molecule has 0 bridgehead atoms. The van der Waals surface area contributed by atoms with Gasteiger partial charge in [-0.3, -0.25) is 9.80 Å². The van der Waals surface area contributed by atoms with Gasteiger partial charge < -0.3 is 4.90 Å². The van der Waals surface area contributed by atoms with Crippen LogP contribution in [0.1, 0.15) is 52.4 Å². The number of carbonyl (C=O) groups is 1. The van der Waals surface area contributed by atoms with Crippen molar-refractivity contribution < 1.29 is 4.79 Å². The summed E-state index contributed by atoms with van der Waals surface area (Å²) in [6, 6.07) is 0.123. The van der Waals surface area contributed by atoms with Crippen LogP contribution < -0.4 is 5.43 Å². The molecule has 1 amide bonds. The van der Waals surface area contributed by atoms with E-state index in [4.69, 9.17) is 0 Å². The number of nitrogens with zero attached hydrogens (tertiary/aromatic N) is 2. The first-order chi connectivity index (χ1) is 8.61. The van der Waals surface area contributed by atoms with Crippen molar-refractivity contribution in [2.24, 2.45) is 5.92 Å². The number of nitrogens with one attached hydrogen (secondary N) is 1. The third-order valence-electron chi connectivity index (χ3n) is 5.08. The highest BCUT2D eigenvalue weighted by Crippen LogP contribution is 2.37. The van der Waals surface area contributed by atoms with E-state index >= 15 is 0 Å². The Morgan fingerprint density at radius 1 is 1.32 bits per heavy atom. The summed E-state index contributed by atoms with van der Waals surface area (Å²) in [5, 5.41) is 1.87. The molecule has 1 aliphatic heterocycles. The third kappa shape index (κ3) is 2.79. The van der Waals surface area contributed by atoms with Crippen molar-refractivity contribution in [1.29, 1.82) is 0 Å². The number of rotatable bonds is 5. The summed E-state index contributed by atoms with van der Waals surface area (Å²) in [5.74, 6) is 1.15. The average molecular weight is 267 g/mol. The molecule has 1 heterocycles. The lowest BCUT2D eigenvalue weighted by Crippen LogP contribution is -2.70. The molecule has 0 radical (unpaired) electrons. The molecule has 4 nitrogen and oxygen atoms in total. The Morgan fingerprint density at radius 3 is 2.42 bits per heavy atom. The van der Waals surface area contributed by atoms with Crippen LogP contribution in [-0.2, 0) is 4.79 Å². The molecule has 1 saturated heterocycles. The van der Waals surface area contributed by atoms with E-state index in [-0.39, 0.29) is 19.0 Å². The minimum atomic E-state index is 0. The van der Waals surface area contributed by atoms with Gasteiger partial charge in [-0.25, -0.2) is 5.43 Å². The number of carbonyl (C=O) groups excluding carboxylic acids is 1. The summed E-state index contributed by atoms with van der Waals surface area (Å²) in [4.78, 5) is 14.4. The van der Waals surface area contributed by atoms with Gasteiger partial charge in [0.2, 0.25) is 0 Å². The maximum Gasteiger partial charge on any atom is 0.255 e. The molecule has 2 aliphatic carbocycles. The van der Waals surface area contributed by atoms with Crippen LogP contribution in [0.3, 0.4) is 0 Å². The van der Waals surface area contributed by atoms with Crippen molar-refractivity contribution in [2.75, 3.05) is 20.6 Å². The highest BCUT2D eigenvalue weighted by atomic mass is 16.2. The van der Waals surface area contributed by atoms with Crippen LogP contribution >= 0.6 is 0 Å². The van der Waals surface area contributed by atoms with E-state index < -0.39 is 0 Å². The summed E-state index contributed by atoms with van der Waals surface area (Å²) < 4.78 is 0. The fourth-order valence-electron chi connectivity index (χ4n) is 3.47. The van der Waals surface area contributed by atoms with Gasteiger partial charge in [-0.15, -0.1) is 0 Å². The smallest absolute Gasteiger partial charge is 0.255 e. The molecule has 1 unspecified atom stereocenters. The van der Waals surface area contributed by atoms with Crippen LogP contribution in [0.15, 0.2) is 0 Å². The number of hydrogen-bond acceptors (Lipinski definition) is 3. The zero-order chi connectivity index (χ0) is 12.8. The molecule has 1 N–H and O–H groups in total. The van der Waals surface area contributed by atoms with E-state index in [9.17, 15) is 4.79 Å². The molecular weight excluding hydrogens is 238 g/mol. The van der Waals surface area contributed by atoms with Crippen molar-refractivity contribution in [1.82, 2.24) is 15.3 Å². The molecule has 0 spiro atoms. The predicted octanol–water partition coefficient (Wildman–Crippen LogP) is 2.01. The van der Waals surface area contributed by atoms with Gasteiger partial charge in [0.25, 0.3) is 5.91 Å². The van der Waals surface area contributed by atoms with Gasteiger partial charge in [0.05, 0.1) is 6.54 Å². The molecule has 1 atom stereocenters. The molecule has 0 aromatic rings. The molecular formula is C15H29N3O. The maximum atomic E-state index is 12.1. The van der Waals surface area contributed by atoms with Crippen molar-refractivity contribution >= 4 is 5.91 Å². The molecule has 19 heavy (non-hydrogen) atoms. The molecule has 4 heteroatoms. The van der Waals surface area contributed by atoms with E-state index in [0.29, 0.717) is 5.91 Å². The maximum absolute atomic E-state index is 12.1. The van der Waals surface area contributed by atoms with Crippen LogP contribution in [0, 0.1) is 5.92 Å². The number of amides is 1. The van der Waals surface area contributed by atoms with Crippen LogP contribution in [0.5, 0.6) is 0 Å². The van der Waals surface area contributed by atoms with Gasteiger partial charge in [0.1, 0.15) is 6.04 Å². The Hall–Kier alpha value is -0.610. The van der Waals surface area contributed by atoms with E-state index in [0.717, 1.165) is 18.9 Å². The van der Waals surface area contributed by atoms with E-state index in [1.165, 1.54) is 38.5 Å². The van der Waals surface area contributed by atoms with Crippen LogP contribution in [0.25, 0.3) is 0 Å². The molecule has 2 saturated carbocycles. The zero-order valence-corrected chi connectivity index (χ0v) is 11.6. The van der Waals surface area contributed by atoms with Crippen LogP contribution in [0.2, 0.25) is 0 Å². The second-order valence-electron chi connectivity index (χ2n) is 6.61. The standard InChI is InChI=1S/C14H25N3O.CH4/c1-16(2)14(7-3-4-8-14)10-17-13(18)12(15-17)9-11-5-6-11;/h11-12,15H,3-10H2,1-2H3;1H4. The Balaban J connectivity index is 0.00000133. The number of likely N-dealkylation sites (N-methyl/N-ethyl adjacent to an activating group) is 1. The fraction of sp³-hybridized carbons (Fsp3) is 0.933. The summed E-state index contributed by atoms with van der Waals surface area (Å²) in [6.45, 7) is 0.861. The van der Waals surface area contributed by atoms with Gasteiger partial charge >= 0.3 is 0 Å². The van der Waals surface area contributed by atoms with Gasteiger partial charge in [0.15, 0.2) is 0 Å². The van der Waals surface area contributed by atoms with Gasteiger partial charge in [-0.05, 0) is 39.3 Å². The summed E-state index contributed by atoms with van der Waals surface area (Å²) in [7, 11) is 4.30. The van der Waals surface area contributed by atoms with Crippen molar-refractivity contribution in [3.05, 3.63) is 0 Å². The fourth-order valence-corrected chi connectivity index (χ4v) is 3.47. The Bertz CT molecular complexity index is 332. The first-order valence-corrected chi connectivity index (χ1v) is 7.36. The highest BCUT2D eigenvalue weighted by molar-refractivity contribution is 5.86. The molecule has 0 aromatic carbocycles. The normalized spacial score (nSPS) is 29.3. The van der Waals surface area contributed by atoms with E-state index in [1.54, 1.807) is 0 Å². The van der Waals surface area contributed by atoms with Gasteiger partial charge in [-0.2, -0.15) is 0 Å². The first-order valence-electron chi connectivity index (χ1n) is 7.36. The van der Waals surface area contributed by atoms with Crippen molar-refractivity contribution in [3.8, 4) is 0 Å². The van der Waals surface area contributed by atoms with Crippen LogP contribution in [0.4, 0.5) is 0 Å². The van der Waals surface area contributed by atoms with Gasteiger partial charge in [0, 0.05) is 5.54 Å². The lowest BCUT2D eigenvalue weighted by Gasteiger charge is -2.47. The first kappa shape index (κ1) is 14.8. The summed E-state index contributed by atoms with van der Waals surface area (Å²) in [5.41, 5.74) is 3.58. The second-order valence-corrected chi connectivity index (χ2v) is 6.61. The monoisotopic (exact) mass is 267 g/mol. The molecule has 3 fully saturated rings. The predicted molar refractivity (Wildman–Crippen MR) is 77.6 cm³/mol. The SMILES string of the molecule is C.CN(C)C1(CN2NC(CC3CC3)C2=O)CCCC1. The Kier molecular flexibility index (Phi) is 4.21. The summed E-state index contributed by atoms with van der Waals surface area (Å²) >= 11 is 0. The van der Waals surface area contributed by atoms with Gasteiger partial charge in [-0.1, -0.05) is 33.1 Å². The molecule has 110 valence electrons. The lowest BCUT2D eigenvalue weighted by molar-refractivity contribution is -0.156. The third-order valence-corrected chi connectivity index (χ3v) is 5.08. The van der Waals surface area contributed by atoms with E-state index in [2.05, 4.69) is 24.4 Å². The largest absolute Gasteiger partial charge is 0.302 e. The molecule has 0 aromatic heterocycles. The Morgan fingerprint density at radius 2 is 1.95 bits per heavy atom. The second kappa shape index (κ2) is 5.41. The summed E-state index contributed by atoms with van der Waals surface area (Å²) in [6.07, 6.45) is 8.75. The number of hydrazine groups is 1. The highest BCUT2D eigenvalue weighted by Gasteiger charge is 2.45. The van der Waals surface area contributed by atoms with Crippen LogP contribution in [-0.4, -0.2) is 48.0 Å². The number of hydrogen-bond donors (Lipinski definition) is 1. The van der Waals surface area contributed by atoms with Crippen molar-refractivity contribution in [3.63, 3.8) is 0 Å². The topological polar surface area (TPSA) is 35.6 Å². The average Bonchev–Trinajstić information content (AvgIpc) is 3.03. The molecule has 3 aliphatic rings. The quantitative estimate of drug-likeness (QED) is 0.827.